The van der Waals surface area contributed by atoms with Crippen LogP contribution in [-0.4, -0.2) is 14.8 Å². The summed E-state index contributed by atoms with van der Waals surface area (Å²) in [7, 11) is 0. The molecule has 0 saturated carbocycles. The number of benzene rings is 1. The van der Waals surface area contributed by atoms with Gasteiger partial charge >= 0.3 is 0 Å². The number of rotatable bonds is 12. The van der Waals surface area contributed by atoms with Crippen LogP contribution in [-0.2, 0) is 6.42 Å². The Morgan fingerprint density at radius 3 is 1.92 bits per heavy atom. The summed E-state index contributed by atoms with van der Waals surface area (Å²) in [5.74, 6) is 0.269. The maximum Gasteiger partial charge on any atom is 0.201 e. The van der Waals surface area contributed by atoms with Gasteiger partial charge < -0.3 is 10.2 Å². The second-order valence-corrected chi connectivity index (χ2v) is 6.95. The van der Waals surface area contributed by atoms with Crippen molar-refractivity contribution in [2.75, 3.05) is 0 Å². The molecule has 0 spiro atoms. The first-order valence-electron chi connectivity index (χ1n) is 9.92. The minimum absolute atomic E-state index is 0.103. The van der Waals surface area contributed by atoms with Gasteiger partial charge in [0, 0.05) is 11.6 Å². The standard InChI is InChI=1S/C22H33NO2/c1-2-3-4-5-6-7-8-9-10-12-15-19-18-21(24)23(22(19)25)20-16-13-11-14-17-20/h11,13-14,16-18,24-25H,2-10,12,15H2,1H3. The maximum absolute atomic E-state index is 10.4. The molecule has 0 fully saturated rings. The van der Waals surface area contributed by atoms with E-state index >= 15 is 0 Å². The van der Waals surface area contributed by atoms with Gasteiger partial charge in [-0.05, 0) is 25.0 Å². The Hall–Kier alpha value is -1.90. The molecule has 0 unspecified atom stereocenters. The molecule has 3 nitrogen and oxygen atoms in total. The largest absolute Gasteiger partial charge is 0.494 e. The van der Waals surface area contributed by atoms with Crippen LogP contribution >= 0.6 is 0 Å². The molecule has 3 heteroatoms. The zero-order valence-electron chi connectivity index (χ0n) is 15.6. The van der Waals surface area contributed by atoms with Crippen molar-refractivity contribution in [3.05, 3.63) is 42.0 Å². The number of nitrogens with zero attached hydrogens (tertiary/aromatic N) is 1. The molecule has 138 valence electrons. The molecule has 2 rings (SSSR count). The number of unbranched alkanes of at least 4 members (excludes halogenated alkanes) is 9. The number of para-hydroxylation sites is 1. The molecule has 0 saturated heterocycles. The first-order chi connectivity index (χ1) is 12.2. The highest BCUT2D eigenvalue weighted by molar-refractivity contribution is 5.46. The lowest BCUT2D eigenvalue weighted by Crippen LogP contribution is -1.93. The van der Waals surface area contributed by atoms with Crippen LogP contribution in [0, 0.1) is 0 Å². The molecule has 1 aromatic carbocycles. The van der Waals surface area contributed by atoms with Crippen molar-refractivity contribution in [1.29, 1.82) is 0 Å². The van der Waals surface area contributed by atoms with E-state index < -0.39 is 0 Å². The van der Waals surface area contributed by atoms with Crippen molar-refractivity contribution in [3.63, 3.8) is 0 Å². The third-order valence-corrected chi connectivity index (χ3v) is 4.85. The van der Waals surface area contributed by atoms with Crippen LogP contribution in [0.25, 0.3) is 5.69 Å². The fraction of sp³-hybridized carbons (Fsp3) is 0.545. The number of hydrogen-bond acceptors (Lipinski definition) is 2. The molecule has 2 aromatic rings. The van der Waals surface area contributed by atoms with Crippen LogP contribution in [0.5, 0.6) is 11.8 Å². The van der Waals surface area contributed by atoms with Crippen LogP contribution in [0.15, 0.2) is 36.4 Å². The number of aromatic hydroxyl groups is 2. The van der Waals surface area contributed by atoms with Crippen molar-refractivity contribution >= 4 is 0 Å². The van der Waals surface area contributed by atoms with Crippen LogP contribution in [0.4, 0.5) is 0 Å². The normalized spacial score (nSPS) is 11.1. The molecule has 1 heterocycles. The summed E-state index contributed by atoms with van der Waals surface area (Å²) in [6, 6.07) is 11.2. The molecule has 0 aliphatic heterocycles. The smallest absolute Gasteiger partial charge is 0.201 e. The quantitative estimate of drug-likeness (QED) is 0.441. The highest BCUT2D eigenvalue weighted by Crippen LogP contribution is 2.32. The molecular weight excluding hydrogens is 310 g/mol. The van der Waals surface area contributed by atoms with Gasteiger partial charge in [0.25, 0.3) is 0 Å². The molecule has 0 bridgehead atoms. The van der Waals surface area contributed by atoms with Crippen molar-refractivity contribution in [3.8, 4) is 17.4 Å². The Morgan fingerprint density at radius 2 is 1.32 bits per heavy atom. The second kappa shape index (κ2) is 10.9. The summed E-state index contributed by atoms with van der Waals surface area (Å²) in [5.41, 5.74) is 1.62. The number of aromatic nitrogens is 1. The lowest BCUT2D eigenvalue weighted by atomic mass is 10.0. The number of aryl methyl sites for hydroxylation is 1. The van der Waals surface area contributed by atoms with Crippen molar-refractivity contribution < 1.29 is 10.2 Å². The highest BCUT2D eigenvalue weighted by atomic mass is 16.3. The molecule has 0 atom stereocenters. The van der Waals surface area contributed by atoms with Gasteiger partial charge in [0.15, 0.2) is 5.88 Å². The van der Waals surface area contributed by atoms with Gasteiger partial charge in [-0.15, -0.1) is 0 Å². The lowest BCUT2D eigenvalue weighted by Gasteiger charge is -2.07. The van der Waals surface area contributed by atoms with E-state index in [1.165, 1.54) is 62.4 Å². The van der Waals surface area contributed by atoms with Gasteiger partial charge in [-0.3, -0.25) is 4.57 Å². The summed E-state index contributed by atoms with van der Waals surface area (Å²) in [4.78, 5) is 0. The van der Waals surface area contributed by atoms with E-state index in [1.807, 2.05) is 30.3 Å². The van der Waals surface area contributed by atoms with Crippen LogP contribution in [0.1, 0.15) is 76.7 Å². The van der Waals surface area contributed by atoms with Crippen molar-refractivity contribution in [2.45, 2.75) is 77.6 Å². The first kappa shape index (κ1) is 19.4. The van der Waals surface area contributed by atoms with E-state index in [4.69, 9.17) is 0 Å². The van der Waals surface area contributed by atoms with E-state index in [1.54, 1.807) is 6.07 Å². The zero-order valence-corrected chi connectivity index (χ0v) is 15.6. The summed E-state index contributed by atoms with van der Waals surface area (Å²) >= 11 is 0. The van der Waals surface area contributed by atoms with Gasteiger partial charge in [0.05, 0.1) is 5.69 Å². The molecular formula is C22H33NO2. The molecule has 0 aliphatic carbocycles. The van der Waals surface area contributed by atoms with Crippen molar-refractivity contribution in [1.82, 2.24) is 4.57 Å². The average molecular weight is 344 g/mol. The van der Waals surface area contributed by atoms with E-state index in [0.29, 0.717) is 0 Å². The van der Waals surface area contributed by atoms with Crippen LogP contribution in [0.2, 0.25) is 0 Å². The summed E-state index contributed by atoms with van der Waals surface area (Å²) in [6.45, 7) is 2.26. The fourth-order valence-electron chi connectivity index (χ4n) is 3.36. The average Bonchev–Trinajstić information content (AvgIpc) is 2.91. The minimum Gasteiger partial charge on any atom is -0.494 e. The van der Waals surface area contributed by atoms with Gasteiger partial charge in [0.1, 0.15) is 0 Å². The lowest BCUT2D eigenvalue weighted by molar-refractivity contribution is 0.400. The third kappa shape index (κ3) is 6.15. The second-order valence-electron chi connectivity index (χ2n) is 6.95. The predicted octanol–water partition coefficient (Wildman–Crippen LogP) is 6.35. The Labute approximate surface area is 152 Å². The van der Waals surface area contributed by atoms with Gasteiger partial charge in [-0.2, -0.15) is 0 Å². The topological polar surface area (TPSA) is 45.4 Å². The molecule has 0 radical (unpaired) electrons. The SMILES string of the molecule is CCCCCCCCCCCCc1cc(O)n(-c2ccccc2)c1O. The molecule has 1 aromatic heterocycles. The Kier molecular flexibility index (Phi) is 8.44. The molecule has 2 N–H and O–H groups in total. The molecule has 0 aliphatic rings. The first-order valence-corrected chi connectivity index (χ1v) is 9.92. The predicted molar refractivity (Wildman–Crippen MR) is 105 cm³/mol. The van der Waals surface area contributed by atoms with Gasteiger partial charge in [-0.25, -0.2) is 0 Å². The van der Waals surface area contributed by atoms with Crippen molar-refractivity contribution in [2.24, 2.45) is 0 Å². The van der Waals surface area contributed by atoms with Gasteiger partial charge in [0.2, 0.25) is 5.88 Å². The van der Waals surface area contributed by atoms with Crippen LogP contribution in [0.3, 0.4) is 0 Å². The fourth-order valence-corrected chi connectivity index (χ4v) is 3.36. The van der Waals surface area contributed by atoms with E-state index in [2.05, 4.69) is 6.92 Å². The Morgan fingerprint density at radius 1 is 0.760 bits per heavy atom. The maximum atomic E-state index is 10.4. The summed E-state index contributed by atoms with van der Waals surface area (Å²) in [6.07, 6.45) is 13.8. The van der Waals surface area contributed by atoms with E-state index in [0.717, 1.165) is 24.1 Å². The van der Waals surface area contributed by atoms with E-state index in [9.17, 15) is 10.2 Å². The monoisotopic (exact) mass is 343 g/mol. The van der Waals surface area contributed by atoms with Gasteiger partial charge in [-0.1, -0.05) is 82.9 Å². The van der Waals surface area contributed by atoms with Crippen LogP contribution < -0.4 is 0 Å². The Balaban J connectivity index is 1.68. The third-order valence-electron chi connectivity index (χ3n) is 4.85. The molecule has 0 amide bonds. The zero-order chi connectivity index (χ0) is 17.9. The summed E-state index contributed by atoms with van der Waals surface area (Å²) < 4.78 is 1.51. The highest BCUT2D eigenvalue weighted by Gasteiger charge is 2.14. The number of hydrogen-bond donors (Lipinski definition) is 2. The van der Waals surface area contributed by atoms with E-state index in [-0.39, 0.29) is 11.8 Å². The summed E-state index contributed by atoms with van der Waals surface area (Å²) in [5, 5.41) is 20.5. The minimum atomic E-state index is 0.103. The Bertz CT molecular complexity index is 604. The molecule has 25 heavy (non-hydrogen) atoms.